The van der Waals surface area contributed by atoms with E-state index in [1.165, 1.54) is 0 Å². The fraction of sp³-hybridized carbons (Fsp3) is 0.917. The van der Waals surface area contributed by atoms with Gasteiger partial charge in [0, 0.05) is 0 Å². The number of rotatable bonds is 5. The van der Waals surface area contributed by atoms with E-state index in [1.54, 1.807) is 4.90 Å². The van der Waals surface area contributed by atoms with Crippen LogP contribution in [0.4, 0.5) is 4.79 Å². The molecule has 0 aromatic heterocycles. The van der Waals surface area contributed by atoms with Crippen molar-refractivity contribution in [1.29, 1.82) is 0 Å². The van der Waals surface area contributed by atoms with Crippen LogP contribution in [0.2, 0.25) is 14.8 Å². The standard InChI is InChI=1S/C9H18NO2.3CH3.Sn/c1-5-10(6-2)9(11)12-7-8(3)4;;;;/h7-8H,5-6H2,1-4H3;3*1H3;. The molecule has 96 valence electrons. The van der Waals surface area contributed by atoms with Crippen LogP contribution in [0, 0.1) is 5.92 Å². The summed E-state index contributed by atoms with van der Waals surface area (Å²) in [5, 5.41) is 0. The van der Waals surface area contributed by atoms with Gasteiger partial charge in [0.1, 0.15) is 0 Å². The molecule has 1 unspecified atom stereocenters. The normalized spacial score (nSPS) is 13.8. The van der Waals surface area contributed by atoms with Crippen molar-refractivity contribution in [1.82, 2.24) is 4.90 Å². The summed E-state index contributed by atoms with van der Waals surface area (Å²) in [6, 6.07) is 0. The summed E-state index contributed by atoms with van der Waals surface area (Å²) < 4.78 is 5.87. The van der Waals surface area contributed by atoms with Crippen molar-refractivity contribution >= 4 is 24.5 Å². The van der Waals surface area contributed by atoms with Crippen LogP contribution in [0.15, 0.2) is 0 Å². The van der Waals surface area contributed by atoms with Crippen LogP contribution in [-0.4, -0.2) is 46.6 Å². The van der Waals surface area contributed by atoms with Crippen LogP contribution in [0.25, 0.3) is 0 Å². The quantitative estimate of drug-likeness (QED) is 0.721. The summed E-state index contributed by atoms with van der Waals surface area (Å²) >= 11 is -2.19. The summed E-state index contributed by atoms with van der Waals surface area (Å²) in [6.45, 7) is 9.69. The molecule has 4 heteroatoms. The number of nitrogens with zero attached hydrogens (tertiary/aromatic N) is 1. The predicted octanol–water partition coefficient (Wildman–Crippen LogP) is 3.37. The zero-order chi connectivity index (χ0) is 12.9. The van der Waals surface area contributed by atoms with Crippen molar-refractivity contribution in [2.45, 2.75) is 46.6 Å². The second-order valence-corrected chi connectivity index (χ2v) is 20.7. The van der Waals surface area contributed by atoms with E-state index in [0.29, 0.717) is 5.92 Å². The molecule has 0 rings (SSSR count). The van der Waals surface area contributed by atoms with Gasteiger partial charge in [-0.3, -0.25) is 0 Å². The Labute approximate surface area is 104 Å². The number of carbonyl (C=O) groups is 1. The molecule has 16 heavy (non-hydrogen) atoms. The Kier molecular flexibility index (Phi) is 6.75. The first-order valence-corrected chi connectivity index (χ1v) is 16.4. The molecule has 0 fully saturated rings. The number of carbonyl (C=O) groups excluding carboxylic acids is 1. The van der Waals surface area contributed by atoms with Gasteiger partial charge in [-0.05, 0) is 0 Å². The third kappa shape index (κ3) is 4.93. The van der Waals surface area contributed by atoms with Gasteiger partial charge in [0.2, 0.25) is 0 Å². The monoisotopic (exact) mass is 337 g/mol. The Balaban J connectivity index is 4.59. The van der Waals surface area contributed by atoms with Crippen molar-refractivity contribution in [2.24, 2.45) is 5.92 Å². The third-order valence-electron chi connectivity index (χ3n) is 2.71. The topological polar surface area (TPSA) is 29.5 Å². The molecule has 0 saturated heterocycles. The van der Waals surface area contributed by atoms with E-state index in [1.807, 2.05) is 13.8 Å². The molecule has 0 saturated carbocycles. The van der Waals surface area contributed by atoms with Crippen LogP contribution >= 0.6 is 0 Å². The van der Waals surface area contributed by atoms with E-state index in [0.717, 1.165) is 13.1 Å². The molecule has 0 heterocycles. The number of ether oxygens (including phenoxy) is 1. The zero-order valence-electron chi connectivity index (χ0n) is 11.8. The third-order valence-corrected chi connectivity index (χ3v) is 9.82. The van der Waals surface area contributed by atoms with Gasteiger partial charge in [-0.25, -0.2) is 0 Å². The maximum absolute atomic E-state index is 11.9. The molecule has 0 aliphatic rings. The van der Waals surface area contributed by atoms with E-state index in [-0.39, 0.29) is 10.2 Å². The van der Waals surface area contributed by atoms with Gasteiger partial charge in [-0.2, -0.15) is 0 Å². The van der Waals surface area contributed by atoms with Crippen molar-refractivity contribution in [3.63, 3.8) is 0 Å². The molecule has 0 aromatic carbocycles. The van der Waals surface area contributed by atoms with Crippen LogP contribution < -0.4 is 0 Å². The van der Waals surface area contributed by atoms with Gasteiger partial charge < -0.3 is 0 Å². The molecular weight excluding hydrogens is 309 g/mol. The van der Waals surface area contributed by atoms with Crippen molar-refractivity contribution < 1.29 is 9.53 Å². The fourth-order valence-corrected chi connectivity index (χ4v) is 8.98. The van der Waals surface area contributed by atoms with Crippen molar-refractivity contribution in [3.8, 4) is 0 Å². The van der Waals surface area contributed by atoms with Gasteiger partial charge in [-0.15, -0.1) is 0 Å². The Morgan fingerprint density at radius 3 is 1.88 bits per heavy atom. The minimum atomic E-state index is -2.19. The Morgan fingerprint density at radius 1 is 1.19 bits per heavy atom. The van der Waals surface area contributed by atoms with Crippen LogP contribution in [0.5, 0.6) is 0 Å². The van der Waals surface area contributed by atoms with Crippen LogP contribution in [-0.2, 0) is 4.74 Å². The molecule has 1 atom stereocenters. The van der Waals surface area contributed by atoms with Gasteiger partial charge in [0.15, 0.2) is 0 Å². The van der Waals surface area contributed by atoms with E-state index >= 15 is 0 Å². The Morgan fingerprint density at radius 2 is 1.62 bits per heavy atom. The molecular formula is C12H27NO2Sn. The summed E-state index contributed by atoms with van der Waals surface area (Å²) in [5.41, 5.74) is 0. The molecule has 0 aromatic rings. The SMILES string of the molecule is CCN(CC)C(=O)O[CH](C(C)C)[Sn]([CH3])([CH3])[CH3]. The predicted molar refractivity (Wildman–Crippen MR) is 71.4 cm³/mol. The molecule has 1 amide bonds. The number of amides is 1. The van der Waals surface area contributed by atoms with Gasteiger partial charge in [-0.1, -0.05) is 0 Å². The molecule has 3 nitrogen and oxygen atoms in total. The van der Waals surface area contributed by atoms with Crippen LogP contribution in [0.3, 0.4) is 0 Å². The number of hydrogen-bond donors (Lipinski definition) is 0. The average molecular weight is 336 g/mol. The Hall–Kier alpha value is 0.0687. The van der Waals surface area contributed by atoms with Crippen molar-refractivity contribution in [3.05, 3.63) is 0 Å². The first-order chi connectivity index (χ1) is 7.23. The van der Waals surface area contributed by atoms with Gasteiger partial charge >= 0.3 is 105 Å². The maximum atomic E-state index is 11.9. The minimum absolute atomic E-state index is 0.143. The average Bonchev–Trinajstić information content (AvgIpc) is 2.13. The first-order valence-electron chi connectivity index (χ1n) is 6.19. The molecule has 0 spiro atoms. The number of hydrogen-bond acceptors (Lipinski definition) is 2. The Bertz CT molecular complexity index is 220. The molecule has 0 aliphatic heterocycles. The molecule has 0 bridgehead atoms. The molecule has 0 N–H and O–H groups in total. The van der Waals surface area contributed by atoms with Crippen molar-refractivity contribution in [2.75, 3.05) is 13.1 Å². The zero-order valence-corrected chi connectivity index (χ0v) is 14.7. The fourth-order valence-electron chi connectivity index (χ4n) is 1.98. The van der Waals surface area contributed by atoms with E-state index in [2.05, 4.69) is 28.7 Å². The van der Waals surface area contributed by atoms with E-state index < -0.39 is 18.4 Å². The van der Waals surface area contributed by atoms with E-state index in [9.17, 15) is 4.79 Å². The summed E-state index contributed by atoms with van der Waals surface area (Å²) in [7, 11) is 0. The summed E-state index contributed by atoms with van der Waals surface area (Å²) in [4.78, 5) is 20.6. The van der Waals surface area contributed by atoms with E-state index in [4.69, 9.17) is 4.74 Å². The second kappa shape index (κ2) is 6.72. The molecule has 0 aliphatic carbocycles. The first kappa shape index (κ1) is 16.1. The summed E-state index contributed by atoms with van der Waals surface area (Å²) in [5.74, 6) is 0.426. The van der Waals surface area contributed by atoms with Gasteiger partial charge in [0.25, 0.3) is 0 Å². The molecule has 0 radical (unpaired) electrons. The summed E-state index contributed by atoms with van der Waals surface area (Å²) in [6.07, 6.45) is -0.143. The second-order valence-electron chi connectivity index (χ2n) is 5.59. The van der Waals surface area contributed by atoms with Gasteiger partial charge in [0.05, 0.1) is 0 Å². The van der Waals surface area contributed by atoms with Crippen LogP contribution in [0.1, 0.15) is 27.7 Å².